The average molecular weight is 265 g/mol. The molecule has 1 saturated heterocycles. The zero-order valence-electron chi connectivity index (χ0n) is 11.5. The molecule has 1 aliphatic heterocycles. The number of aryl methyl sites for hydroxylation is 1. The molecule has 0 aromatic heterocycles. The third-order valence-electron chi connectivity index (χ3n) is 3.41. The summed E-state index contributed by atoms with van der Waals surface area (Å²) < 4.78 is 11.5. The van der Waals surface area contributed by atoms with Gasteiger partial charge in [0, 0.05) is 13.2 Å². The number of methoxy groups -OCH3 is 1. The van der Waals surface area contributed by atoms with Gasteiger partial charge in [-0.1, -0.05) is 12.1 Å². The number of benzene rings is 1. The lowest BCUT2D eigenvalue weighted by Gasteiger charge is -2.25. The Hall–Kier alpha value is -1.26. The van der Waals surface area contributed by atoms with Crippen LogP contribution in [0.2, 0.25) is 0 Å². The van der Waals surface area contributed by atoms with Crippen LogP contribution in [0.15, 0.2) is 18.2 Å². The molecule has 1 aromatic carbocycles. The van der Waals surface area contributed by atoms with Crippen molar-refractivity contribution in [2.75, 3.05) is 26.8 Å². The van der Waals surface area contributed by atoms with Gasteiger partial charge in [0.2, 0.25) is 0 Å². The topological polar surface area (TPSA) is 50.7 Å². The van der Waals surface area contributed by atoms with Gasteiger partial charge < -0.3 is 19.9 Å². The molecule has 4 nitrogen and oxygen atoms in total. The van der Waals surface area contributed by atoms with Crippen LogP contribution in [0.4, 0.5) is 0 Å². The van der Waals surface area contributed by atoms with E-state index in [9.17, 15) is 0 Å². The molecule has 0 radical (unpaired) electrons. The van der Waals surface area contributed by atoms with Crippen LogP contribution < -0.4 is 14.8 Å². The van der Waals surface area contributed by atoms with Crippen molar-refractivity contribution in [2.24, 2.45) is 0 Å². The highest BCUT2D eigenvalue weighted by Gasteiger charge is 2.17. The first kappa shape index (κ1) is 14.2. The lowest BCUT2D eigenvalue weighted by molar-refractivity contribution is 0.161. The number of nitrogens with one attached hydrogen (secondary N) is 1. The van der Waals surface area contributed by atoms with Crippen molar-refractivity contribution in [3.05, 3.63) is 23.8 Å². The lowest BCUT2D eigenvalue weighted by atomic mass is 10.1. The quantitative estimate of drug-likeness (QED) is 0.823. The summed E-state index contributed by atoms with van der Waals surface area (Å²) >= 11 is 0. The van der Waals surface area contributed by atoms with E-state index in [-0.39, 0.29) is 12.7 Å². The van der Waals surface area contributed by atoms with E-state index in [1.54, 1.807) is 7.11 Å². The Balaban J connectivity index is 2.09. The van der Waals surface area contributed by atoms with Gasteiger partial charge in [-0.25, -0.2) is 0 Å². The number of hydrogen-bond donors (Lipinski definition) is 2. The average Bonchev–Trinajstić information content (AvgIpc) is 2.46. The maximum absolute atomic E-state index is 8.94. The van der Waals surface area contributed by atoms with Crippen LogP contribution in [0.3, 0.4) is 0 Å². The van der Waals surface area contributed by atoms with Gasteiger partial charge in [-0.15, -0.1) is 0 Å². The number of hydrogen-bond acceptors (Lipinski definition) is 4. The summed E-state index contributed by atoms with van der Waals surface area (Å²) in [5, 5.41) is 12.3. The van der Waals surface area contributed by atoms with Gasteiger partial charge in [0.1, 0.15) is 6.10 Å². The van der Waals surface area contributed by atoms with Crippen molar-refractivity contribution in [3.63, 3.8) is 0 Å². The highest BCUT2D eigenvalue weighted by Crippen LogP contribution is 2.33. The van der Waals surface area contributed by atoms with Crippen LogP contribution in [-0.2, 0) is 6.42 Å². The van der Waals surface area contributed by atoms with Gasteiger partial charge in [-0.05, 0) is 43.9 Å². The first-order chi connectivity index (χ1) is 9.35. The highest BCUT2D eigenvalue weighted by atomic mass is 16.5. The number of para-hydroxylation sites is 1. The number of piperidine rings is 1. The predicted octanol–water partition coefficient (Wildman–Crippen LogP) is 1.75. The summed E-state index contributed by atoms with van der Waals surface area (Å²) in [4.78, 5) is 0. The Labute approximate surface area is 114 Å². The van der Waals surface area contributed by atoms with Crippen LogP contribution in [0, 0.1) is 0 Å². The van der Waals surface area contributed by atoms with Crippen LogP contribution in [0.25, 0.3) is 0 Å². The Bertz CT molecular complexity index is 389. The van der Waals surface area contributed by atoms with E-state index in [4.69, 9.17) is 14.6 Å². The number of rotatable bonds is 6. The van der Waals surface area contributed by atoms with Gasteiger partial charge >= 0.3 is 0 Å². The zero-order chi connectivity index (χ0) is 13.5. The van der Waals surface area contributed by atoms with Crippen molar-refractivity contribution < 1.29 is 14.6 Å². The molecule has 106 valence electrons. The van der Waals surface area contributed by atoms with Gasteiger partial charge in [-0.3, -0.25) is 0 Å². The highest BCUT2D eigenvalue weighted by molar-refractivity contribution is 5.46. The molecule has 1 heterocycles. The molecule has 1 aliphatic rings. The molecule has 1 fully saturated rings. The second-order valence-corrected chi connectivity index (χ2v) is 4.86. The molecule has 0 saturated carbocycles. The van der Waals surface area contributed by atoms with E-state index in [1.807, 2.05) is 18.2 Å². The fraction of sp³-hybridized carbons (Fsp3) is 0.600. The SMILES string of the molecule is COc1c(CCCO)cccc1OC1CCCNC1. The minimum absolute atomic E-state index is 0.195. The third-order valence-corrected chi connectivity index (χ3v) is 3.41. The number of aliphatic hydroxyl groups excluding tert-OH is 1. The fourth-order valence-corrected chi connectivity index (χ4v) is 2.45. The zero-order valence-corrected chi connectivity index (χ0v) is 11.5. The largest absolute Gasteiger partial charge is 0.493 e. The molecule has 0 bridgehead atoms. The monoisotopic (exact) mass is 265 g/mol. The second kappa shape index (κ2) is 7.36. The second-order valence-electron chi connectivity index (χ2n) is 4.86. The molecular weight excluding hydrogens is 242 g/mol. The molecule has 19 heavy (non-hydrogen) atoms. The summed E-state index contributed by atoms with van der Waals surface area (Å²) in [6, 6.07) is 5.97. The molecule has 0 spiro atoms. The number of aliphatic hydroxyl groups is 1. The third kappa shape index (κ3) is 3.85. The summed E-state index contributed by atoms with van der Waals surface area (Å²) in [7, 11) is 1.67. The molecule has 2 rings (SSSR count). The molecule has 1 atom stereocenters. The normalized spacial score (nSPS) is 19.2. The Morgan fingerprint density at radius 2 is 2.32 bits per heavy atom. The van der Waals surface area contributed by atoms with Gasteiger partial charge in [-0.2, -0.15) is 0 Å². The van der Waals surface area contributed by atoms with E-state index >= 15 is 0 Å². The Morgan fingerprint density at radius 3 is 3.00 bits per heavy atom. The Kier molecular flexibility index (Phi) is 5.48. The van der Waals surface area contributed by atoms with Gasteiger partial charge in [0.05, 0.1) is 7.11 Å². The number of ether oxygens (including phenoxy) is 2. The van der Waals surface area contributed by atoms with Crippen LogP contribution in [0.1, 0.15) is 24.8 Å². The summed E-state index contributed by atoms with van der Waals surface area (Å²) in [5.74, 6) is 1.62. The van der Waals surface area contributed by atoms with Gasteiger partial charge in [0.15, 0.2) is 11.5 Å². The van der Waals surface area contributed by atoms with Crippen LogP contribution >= 0.6 is 0 Å². The standard InChI is InChI=1S/C15H23NO3/c1-18-15-12(6-4-10-17)5-2-8-14(15)19-13-7-3-9-16-11-13/h2,5,8,13,16-17H,3-4,6-7,9-11H2,1H3. The molecule has 1 unspecified atom stereocenters. The Morgan fingerprint density at radius 1 is 1.42 bits per heavy atom. The van der Waals surface area contributed by atoms with E-state index < -0.39 is 0 Å². The fourth-order valence-electron chi connectivity index (χ4n) is 2.45. The van der Waals surface area contributed by atoms with Crippen molar-refractivity contribution in [3.8, 4) is 11.5 Å². The molecule has 0 amide bonds. The summed E-state index contributed by atoms with van der Waals surface area (Å²) in [6.45, 7) is 2.17. The van der Waals surface area contributed by atoms with Crippen LogP contribution in [0.5, 0.6) is 11.5 Å². The van der Waals surface area contributed by atoms with Crippen molar-refractivity contribution in [1.29, 1.82) is 0 Å². The summed E-state index contributed by atoms with van der Waals surface area (Å²) in [5.41, 5.74) is 1.10. The molecule has 4 heteroatoms. The smallest absolute Gasteiger partial charge is 0.163 e. The minimum Gasteiger partial charge on any atom is -0.493 e. The van der Waals surface area contributed by atoms with E-state index in [0.29, 0.717) is 0 Å². The van der Waals surface area contributed by atoms with Crippen molar-refractivity contribution in [1.82, 2.24) is 5.32 Å². The van der Waals surface area contributed by atoms with Crippen LogP contribution in [-0.4, -0.2) is 38.0 Å². The van der Waals surface area contributed by atoms with Crippen molar-refractivity contribution in [2.45, 2.75) is 31.8 Å². The maximum Gasteiger partial charge on any atom is 0.163 e. The minimum atomic E-state index is 0.195. The van der Waals surface area contributed by atoms with Gasteiger partial charge in [0.25, 0.3) is 0 Å². The first-order valence-electron chi connectivity index (χ1n) is 6.99. The summed E-state index contributed by atoms with van der Waals surface area (Å²) in [6.07, 6.45) is 3.99. The predicted molar refractivity (Wildman–Crippen MR) is 74.9 cm³/mol. The van der Waals surface area contributed by atoms with E-state index in [0.717, 1.165) is 55.8 Å². The van der Waals surface area contributed by atoms with Crippen molar-refractivity contribution >= 4 is 0 Å². The van der Waals surface area contributed by atoms with E-state index in [2.05, 4.69) is 5.32 Å². The molecule has 2 N–H and O–H groups in total. The molecule has 1 aromatic rings. The molecular formula is C15H23NO3. The maximum atomic E-state index is 8.94. The molecule has 0 aliphatic carbocycles. The first-order valence-corrected chi connectivity index (χ1v) is 6.99. The van der Waals surface area contributed by atoms with E-state index in [1.165, 1.54) is 0 Å². The lowest BCUT2D eigenvalue weighted by Crippen LogP contribution is -2.37.